The molecule has 2 rings (SSSR count). The van der Waals surface area contributed by atoms with Crippen molar-refractivity contribution in [2.45, 2.75) is 6.10 Å². The van der Waals surface area contributed by atoms with E-state index in [-0.39, 0.29) is 6.10 Å². The lowest BCUT2D eigenvalue weighted by molar-refractivity contribution is 0.198. The molecule has 0 bridgehead atoms. The molecule has 0 fully saturated rings. The summed E-state index contributed by atoms with van der Waals surface area (Å²) >= 11 is 0. The number of benzene rings is 1. The second-order valence-corrected chi connectivity index (χ2v) is 3.18. The SMILES string of the molecule is COc1cccc2c1B(O)O[C@@H]2CN. The van der Waals surface area contributed by atoms with Crippen LogP contribution < -0.4 is 15.9 Å². The van der Waals surface area contributed by atoms with Crippen molar-refractivity contribution in [1.82, 2.24) is 0 Å². The number of hydrogen-bond donors (Lipinski definition) is 2. The second-order valence-electron chi connectivity index (χ2n) is 3.18. The van der Waals surface area contributed by atoms with Crippen LogP contribution in [0.15, 0.2) is 18.2 Å². The van der Waals surface area contributed by atoms with Gasteiger partial charge in [0.2, 0.25) is 0 Å². The number of ether oxygens (including phenoxy) is 1. The summed E-state index contributed by atoms with van der Waals surface area (Å²) in [7, 11) is 0.646. The molecule has 0 spiro atoms. The van der Waals surface area contributed by atoms with Crippen LogP contribution in [0.1, 0.15) is 11.7 Å². The molecular formula is C9H12BNO3. The van der Waals surface area contributed by atoms with Crippen LogP contribution in [0.25, 0.3) is 0 Å². The van der Waals surface area contributed by atoms with E-state index >= 15 is 0 Å². The topological polar surface area (TPSA) is 64.7 Å². The maximum atomic E-state index is 9.64. The van der Waals surface area contributed by atoms with Crippen LogP contribution in [0.4, 0.5) is 0 Å². The van der Waals surface area contributed by atoms with E-state index in [1.807, 2.05) is 12.1 Å². The summed E-state index contributed by atoms with van der Waals surface area (Å²) in [5.41, 5.74) is 7.14. The highest BCUT2D eigenvalue weighted by atomic mass is 16.5. The zero-order chi connectivity index (χ0) is 10.1. The molecule has 3 N–H and O–H groups in total. The van der Waals surface area contributed by atoms with Gasteiger partial charge in [-0.15, -0.1) is 0 Å². The van der Waals surface area contributed by atoms with Gasteiger partial charge in [0.1, 0.15) is 5.75 Å². The third-order valence-corrected chi connectivity index (χ3v) is 2.42. The zero-order valence-electron chi connectivity index (χ0n) is 7.93. The average molecular weight is 193 g/mol. The average Bonchev–Trinajstić information content (AvgIpc) is 2.55. The van der Waals surface area contributed by atoms with Gasteiger partial charge < -0.3 is 20.1 Å². The van der Waals surface area contributed by atoms with Crippen molar-refractivity contribution in [2.24, 2.45) is 5.73 Å². The number of nitrogens with two attached hydrogens (primary N) is 1. The molecule has 0 saturated heterocycles. The molecule has 5 heteroatoms. The van der Waals surface area contributed by atoms with Gasteiger partial charge in [0.05, 0.1) is 13.2 Å². The Balaban J connectivity index is 2.49. The summed E-state index contributed by atoms with van der Waals surface area (Å²) in [4.78, 5) is 0. The van der Waals surface area contributed by atoms with Gasteiger partial charge in [0, 0.05) is 12.0 Å². The van der Waals surface area contributed by atoms with E-state index in [0.717, 1.165) is 5.56 Å². The maximum absolute atomic E-state index is 9.64. The number of rotatable bonds is 2. The highest BCUT2D eigenvalue weighted by Gasteiger charge is 2.36. The van der Waals surface area contributed by atoms with Gasteiger partial charge in [-0.1, -0.05) is 12.1 Å². The molecular weight excluding hydrogens is 181 g/mol. The van der Waals surface area contributed by atoms with Gasteiger partial charge in [-0.3, -0.25) is 0 Å². The van der Waals surface area contributed by atoms with Gasteiger partial charge in [0.25, 0.3) is 0 Å². The molecule has 4 nitrogen and oxygen atoms in total. The van der Waals surface area contributed by atoms with E-state index in [1.165, 1.54) is 0 Å². The summed E-state index contributed by atoms with van der Waals surface area (Å²) in [6.45, 7) is 0.358. The summed E-state index contributed by atoms with van der Waals surface area (Å²) in [5.74, 6) is 0.644. The first-order valence-corrected chi connectivity index (χ1v) is 4.48. The minimum absolute atomic E-state index is 0.227. The standard InChI is InChI=1S/C9H12BNO3/c1-13-7-4-2-3-6-8(5-11)14-10(12)9(6)7/h2-4,8,12H,5,11H2,1H3/t8-/m1/s1. The van der Waals surface area contributed by atoms with Gasteiger partial charge >= 0.3 is 7.12 Å². The summed E-state index contributed by atoms with van der Waals surface area (Å²) < 4.78 is 10.4. The van der Waals surface area contributed by atoms with Crippen LogP contribution in [-0.4, -0.2) is 25.8 Å². The fourth-order valence-electron chi connectivity index (χ4n) is 1.76. The van der Waals surface area contributed by atoms with E-state index < -0.39 is 7.12 Å². The van der Waals surface area contributed by atoms with Crippen molar-refractivity contribution >= 4 is 12.6 Å². The van der Waals surface area contributed by atoms with Crippen LogP contribution in [0, 0.1) is 0 Å². The van der Waals surface area contributed by atoms with Crippen molar-refractivity contribution in [1.29, 1.82) is 0 Å². The Morgan fingerprint density at radius 3 is 3.07 bits per heavy atom. The van der Waals surface area contributed by atoms with Gasteiger partial charge in [-0.05, 0) is 11.6 Å². The third kappa shape index (κ3) is 1.30. The largest absolute Gasteiger partial charge is 0.497 e. The first kappa shape index (κ1) is 9.52. The Labute approximate surface area is 82.8 Å². The summed E-state index contributed by atoms with van der Waals surface area (Å²) in [5, 5.41) is 9.64. The monoisotopic (exact) mass is 193 g/mol. The Kier molecular flexibility index (Phi) is 2.45. The van der Waals surface area contributed by atoms with E-state index in [1.54, 1.807) is 13.2 Å². The number of methoxy groups -OCH3 is 1. The Morgan fingerprint density at radius 1 is 1.64 bits per heavy atom. The van der Waals surface area contributed by atoms with Crippen LogP contribution in [0.5, 0.6) is 5.75 Å². The van der Waals surface area contributed by atoms with Crippen LogP contribution in [-0.2, 0) is 4.65 Å². The maximum Gasteiger partial charge on any atom is 0.495 e. The molecule has 0 radical (unpaired) electrons. The van der Waals surface area contributed by atoms with Crippen molar-refractivity contribution < 1.29 is 14.4 Å². The predicted molar refractivity (Wildman–Crippen MR) is 53.5 cm³/mol. The molecule has 74 valence electrons. The Hall–Kier alpha value is -1.04. The molecule has 1 heterocycles. The van der Waals surface area contributed by atoms with E-state index in [2.05, 4.69) is 0 Å². The molecule has 0 aliphatic carbocycles. The normalized spacial score (nSPS) is 19.6. The van der Waals surface area contributed by atoms with E-state index in [4.69, 9.17) is 15.1 Å². The number of fused-ring (bicyclic) bond motifs is 1. The van der Waals surface area contributed by atoms with E-state index in [0.29, 0.717) is 17.8 Å². The molecule has 1 atom stereocenters. The minimum atomic E-state index is -0.922. The predicted octanol–water partition coefficient (Wildman–Crippen LogP) is -0.587. The quantitative estimate of drug-likeness (QED) is 0.616. The van der Waals surface area contributed by atoms with E-state index in [9.17, 15) is 5.02 Å². The Morgan fingerprint density at radius 2 is 2.43 bits per heavy atom. The van der Waals surface area contributed by atoms with Gasteiger partial charge in [-0.2, -0.15) is 0 Å². The molecule has 14 heavy (non-hydrogen) atoms. The fraction of sp³-hybridized carbons (Fsp3) is 0.333. The third-order valence-electron chi connectivity index (χ3n) is 2.42. The molecule has 1 aliphatic heterocycles. The smallest absolute Gasteiger partial charge is 0.495 e. The van der Waals surface area contributed by atoms with Gasteiger partial charge in [0.15, 0.2) is 0 Å². The van der Waals surface area contributed by atoms with Crippen molar-refractivity contribution in [3.63, 3.8) is 0 Å². The molecule has 0 amide bonds. The van der Waals surface area contributed by atoms with Crippen molar-refractivity contribution in [3.05, 3.63) is 23.8 Å². The molecule has 1 aromatic carbocycles. The van der Waals surface area contributed by atoms with Crippen LogP contribution in [0.2, 0.25) is 0 Å². The highest BCUT2D eigenvalue weighted by molar-refractivity contribution is 6.62. The lowest BCUT2D eigenvalue weighted by Crippen LogP contribution is -2.29. The van der Waals surface area contributed by atoms with Crippen molar-refractivity contribution in [2.75, 3.05) is 13.7 Å². The summed E-state index contributed by atoms with van der Waals surface area (Å²) in [6.07, 6.45) is -0.227. The lowest BCUT2D eigenvalue weighted by atomic mass is 9.78. The molecule has 0 saturated carbocycles. The fourth-order valence-corrected chi connectivity index (χ4v) is 1.76. The molecule has 1 aromatic rings. The molecule has 0 unspecified atom stereocenters. The zero-order valence-corrected chi connectivity index (χ0v) is 7.93. The van der Waals surface area contributed by atoms with Crippen molar-refractivity contribution in [3.8, 4) is 5.75 Å². The summed E-state index contributed by atoms with van der Waals surface area (Å²) in [6, 6.07) is 5.55. The van der Waals surface area contributed by atoms with Crippen LogP contribution in [0.3, 0.4) is 0 Å². The molecule has 0 aromatic heterocycles. The highest BCUT2D eigenvalue weighted by Crippen LogP contribution is 2.26. The molecule has 1 aliphatic rings. The van der Waals surface area contributed by atoms with Gasteiger partial charge in [-0.25, -0.2) is 0 Å². The lowest BCUT2D eigenvalue weighted by Gasteiger charge is -2.08. The second kappa shape index (κ2) is 3.61. The first-order chi connectivity index (χ1) is 6.77. The minimum Gasteiger partial charge on any atom is -0.497 e. The first-order valence-electron chi connectivity index (χ1n) is 4.48. The number of hydrogen-bond acceptors (Lipinski definition) is 4. The van der Waals surface area contributed by atoms with Crippen LogP contribution >= 0.6 is 0 Å². The Bertz CT molecular complexity index is 345.